The molecule has 2 atom stereocenters. The quantitative estimate of drug-likeness (QED) is 0.685. The predicted octanol–water partition coefficient (Wildman–Crippen LogP) is 2.61. The summed E-state index contributed by atoms with van der Waals surface area (Å²) in [7, 11) is 1.45. The minimum absolute atomic E-state index is 0.402. The number of hydrogen-bond acceptors (Lipinski definition) is 4. The Morgan fingerprint density at radius 3 is 2.60 bits per heavy atom. The second-order valence-electron chi connectivity index (χ2n) is 5.02. The van der Waals surface area contributed by atoms with Gasteiger partial charge in [0.2, 0.25) is 0 Å². The van der Waals surface area contributed by atoms with Crippen LogP contribution in [-0.4, -0.2) is 29.2 Å². The van der Waals surface area contributed by atoms with Gasteiger partial charge in [0.15, 0.2) is 17.3 Å². The molecule has 20 heavy (non-hydrogen) atoms. The van der Waals surface area contributed by atoms with Crippen LogP contribution in [0.4, 0.5) is 20.2 Å². The Bertz CT molecular complexity index is 525. The van der Waals surface area contributed by atoms with Gasteiger partial charge in [-0.15, -0.1) is 0 Å². The molecule has 7 heteroatoms. The van der Waals surface area contributed by atoms with Crippen molar-refractivity contribution in [1.82, 2.24) is 0 Å². The van der Waals surface area contributed by atoms with E-state index in [4.69, 9.17) is 0 Å². The minimum Gasteiger partial charge on any atom is -0.391 e. The van der Waals surface area contributed by atoms with Gasteiger partial charge in [0.05, 0.1) is 17.1 Å². The van der Waals surface area contributed by atoms with Crippen LogP contribution in [0, 0.1) is 21.7 Å². The van der Waals surface area contributed by atoms with E-state index in [0.717, 1.165) is 25.0 Å². The summed E-state index contributed by atoms with van der Waals surface area (Å²) in [5, 5.41) is 20.9. The molecule has 0 saturated heterocycles. The highest BCUT2D eigenvalue weighted by Gasteiger charge is 2.33. The first-order valence-corrected chi connectivity index (χ1v) is 6.46. The van der Waals surface area contributed by atoms with Crippen molar-refractivity contribution in [3.8, 4) is 0 Å². The molecule has 1 N–H and O–H groups in total. The van der Waals surface area contributed by atoms with Gasteiger partial charge in [0.1, 0.15) is 0 Å². The number of hydrogen-bond donors (Lipinski definition) is 1. The maximum atomic E-state index is 14.0. The number of rotatable bonds is 3. The Morgan fingerprint density at radius 1 is 1.35 bits per heavy atom. The molecule has 1 aliphatic carbocycles. The van der Waals surface area contributed by atoms with Crippen molar-refractivity contribution in [2.75, 3.05) is 11.9 Å². The summed E-state index contributed by atoms with van der Waals surface area (Å²) in [5.74, 6) is -2.39. The van der Waals surface area contributed by atoms with Gasteiger partial charge < -0.3 is 10.0 Å². The molecule has 110 valence electrons. The number of halogens is 2. The Morgan fingerprint density at radius 2 is 2.00 bits per heavy atom. The molecule has 0 amide bonds. The number of aliphatic hydroxyl groups excluding tert-OH is 1. The molecule has 2 rings (SSSR count). The molecule has 0 aromatic heterocycles. The van der Waals surface area contributed by atoms with Crippen LogP contribution in [0.25, 0.3) is 0 Å². The third-order valence-corrected chi connectivity index (χ3v) is 3.79. The van der Waals surface area contributed by atoms with Gasteiger partial charge in [-0.2, -0.15) is 0 Å². The first kappa shape index (κ1) is 14.6. The van der Waals surface area contributed by atoms with E-state index in [0.29, 0.717) is 12.8 Å². The predicted molar refractivity (Wildman–Crippen MR) is 69.7 cm³/mol. The standard InChI is InChI=1S/C13H16F2N2O3/c1-16(9-4-2-3-5-11(9)18)13-10(17(19)20)7-6-8(14)12(13)15/h6-7,9,11,18H,2-5H2,1H3. The maximum Gasteiger partial charge on any atom is 0.295 e. The zero-order chi connectivity index (χ0) is 14.9. The van der Waals surface area contributed by atoms with Crippen LogP contribution < -0.4 is 4.90 Å². The van der Waals surface area contributed by atoms with Crippen molar-refractivity contribution >= 4 is 11.4 Å². The highest BCUT2D eigenvalue weighted by atomic mass is 19.2. The fraction of sp³-hybridized carbons (Fsp3) is 0.538. The lowest BCUT2D eigenvalue weighted by atomic mass is 9.91. The van der Waals surface area contributed by atoms with Gasteiger partial charge >= 0.3 is 0 Å². The highest BCUT2D eigenvalue weighted by Crippen LogP contribution is 2.35. The van der Waals surface area contributed by atoms with Crippen molar-refractivity contribution in [2.24, 2.45) is 0 Å². The molecule has 1 aromatic rings. The first-order chi connectivity index (χ1) is 9.43. The lowest BCUT2D eigenvalue weighted by Crippen LogP contribution is -2.44. The number of nitro benzene ring substituents is 1. The van der Waals surface area contributed by atoms with Crippen molar-refractivity contribution < 1.29 is 18.8 Å². The molecule has 0 heterocycles. The minimum atomic E-state index is -1.25. The molecule has 1 fully saturated rings. The van der Waals surface area contributed by atoms with E-state index < -0.39 is 40.1 Å². The van der Waals surface area contributed by atoms with E-state index in [1.807, 2.05) is 0 Å². The van der Waals surface area contributed by atoms with Gasteiger partial charge in [0.25, 0.3) is 5.69 Å². The average Bonchev–Trinajstić information content (AvgIpc) is 2.41. The summed E-state index contributed by atoms with van der Waals surface area (Å²) in [4.78, 5) is 11.5. The average molecular weight is 286 g/mol. The first-order valence-electron chi connectivity index (χ1n) is 6.46. The summed E-state index contributed by atoms with van der Waals surface area (Å²) in [6, 6.07) is 1.24. The Kier molecular flexibility index (Phi) is 4.17. The number of aliphatic hydroxyl groups is 1. The molecule has 1 aliphatic rings. The molecular weight excluding hydrogens is 270 g/mol. The second-order valence-corrected chi connectivity index (χ2v) is 5.02. The Labute approximate surface area is 115 Å². The molecule has 0 radical (unpaired) electrons. The van der Waals surface area contributed by atoms with E-state index in [-0.39, 0.29) is 0 Å². The highest BCUT2D eigenvalue weighted by molar-refractivity contribution is 5.64. The van der Waals surface area contributed by atoms with Gasteiger partial charge in [-0.1, -0.05) is 12.8 Å². The molecule has 0 spiro atoms. The Balaban J connectivity index is 2.44. The lowest BCUT2D eigenvalue weighted by Gasteiger charge is -2.36. The van der Waals surface area contributed by atoms with Crippen LogP contribution in [0.1, 0.15) is 25.7 Å². The van der Waals surface area contributed by atoms with Gasteiger partial charge in [-0.3, -0.25) is 10.1 Å². The SMILES string of the molecule is CN(c1c([N+](=O)[O-])ccc(F)c1F)C1CCCCC1O. The van der Waals surface area contributed by atoms with Gasteiger partial charge in [0, 0.05) is 13.1 Å². The van der Waals surface area contributed by atoms with E-state index in [1.54, 1.807) is 0 Å². The molecule has 1 saturated carbocycles. The van der Waals surface area contributed by atoms with E-state index >= 15 is 0 Å². The van der Waals surface area contributed by atoms with Crippen LogP contribution in [0.5, 0.6) is 0 Å². The van der Waals surface area contributed by atoms with Crippen molar-refractivity contribution in [1.29, 1.82) is 0 Å². The summed E-state index contributed by atoms with van der Waals surface area (Å²) in [6.07, 6.45) is 2.15. The van der Waals surface area contributed by atoms with Crippen molar-refractivity contribution in [2.45, 2.75) is 37.8 Å². The molecule has 0 bridgehead atoms. The molecule has 2 unspecified atom stereocenters. The largest absolute Gasteiger partial charge is 0.391 e. The van der Waals surface area contributed by atoms with Crippen LogP contribution in [0.2, 0.25) is 0 Å². The van der Waals surface area contributed by atoms with Crippen LogP contribution in [0.3, 0.4) is 0 Å². The zero-order valence-corrected chi connectivity index (χ0v) is 11.1. The smallest absolute Gasteiger partial charge is 0.295 e. The summed E-state index contributed by atoms with van der Waals surface area (Å²) < 4.78 is 27.3. The topological polar surface area (TPSA) is 66.6 Å². The van der Waals surface area contributed by atoms with Gasteiger partial charge in [-0.25, -0.2) is 8.78 Å². The number of nitrogens with zero attached hydrogens (tertiary/aromatic N) is 2. The Hall–Kier alpha value is -1.76. The van der Waals surface area contributed by atoms with E-state index in [9.17, 15) is 24.0 Å². The molecule has 0 aliphatic heterocycles. The normalized spacial score (nSPS) is 22.6. The van der Waals surface area contributed by atoms with Crippen LogP contribution in [-0.2, 0) is 0 Å². The molecule has 1 aromatic carbocycles. The monoisotopic (exact) mass is 286 g/mol. The van der Waals surface area contributed by atoms with Crippen molar-refractivity contribution in [3.05, 3.63) is 33.9 Å². The third-order valence-electron chi connectivity index (χ3n) is 3.79. The fourth-order valence-corrected chi connectivity index (χ4v) is 2.72. The van der Waals surface area contributed by atoms with Gasteiger partial charge in [-0.05, 0) is 18.9 Å². The number of benzene rings is 1. The third kappa shape index (κ3) is 2.58. The zero-order valence-electron chi connectivity index (χ0n) is 11.1. The second kappa shape index (κ2) is 5.70. The maximum absolute atomic E-state index is 14.0. The molecule has 5 nitrogen and oxygen atoms in total. The lowest BCUT2D eigenvalue weighted by molar-refractivity contribution is -0.384. The van der Waals surface area contributed by atoms with Crippen LogP contribution in [0.15, 0.2) is 12.1 Å². The fourth-order valence-electron chi connectivity index (χ4n) is 2.72. The van der Waals surface area contributed by atoms with E-state index in [2.05, 4.69) is 0 Å². The van der Waals surface area contributed by atoms with Crippen LogP contribution >= 0.6 is 0 Å². The molecular formula is C13H16F2N2O3. The summed E-state index contributed by atoms with van der Waals surface area (Å²) >= 11 is 0. The van der Waals surface area contributed by atoms with E-state index in [1.165, 1.54) is 11.9 Å². The number of likely N-dealkylation sites (N-methyl/N-ethyl adjacent to an activating group) is 1. The van der Waals surface area contributed by atoms with Crippen molar-refractivity contribution in [3.63, 3.8) is 0 Å². The number of nitro groups is 1. The number of anilines is 1. The summed E-state index contributed by atoms with van der Waals surface area (Å²) in [6.45, 7) is 0. The summed E-state index contributed by atoms with van der Waals surface area (Å²) in [5.41, 5.74) is -0.898.